The zero-order valence-electron chi connectivity index (χ0n) is 21.4. The van der Waals surface area contributed by atoms with Crippen LogP contribution >= 0.6 is 0 Å². The molecule has 202 valence electrons. The van der Waals surface area contributed by atoms with Gasteiger partial charge in [-0.3, -0.25) is 4.79 Å². The normalized spacial score (nSPS) is 31.1. The Morgan fingerprint density at radius 3 is 2.58 bits per heavy atom. The van der Waals surface area contributed by atoms with Crippen molar-refractivity contribution < 1.29 is 32.5 Å². The number of methoxy groups -OCH3 is 1. The summed E-state index contributed by atoms with van der Waals surface area (Å²) in [6, 6.07) is 5.33. The lowest BCUT2D eigenvalue weighted by Crippen LogP contribution is -2.53. The Kier molecular flexibility index (Phi) is 8.05. The van der Waals surface area contributed by atoms with E-state index in [1.54, 1.807) is 13.2 Å². The van der Waals surface area contributed by atoms with Gasteiger partial charge in [-0.25, -0.2) is 0 Å². The number of nitrogens with zero attached hydrogens (tertiary/aromatic N) is 1. The number of alkyl halides is 3. The van der Waals surface area contributed by atoms with E-state index in [0.717, 1.165) is 37.8 Å². The van der Waals surface area contributed by atoms with E-state index in [-0.39, 0.29) is 48.4 Å². The van der Waals surface area contributed by atoms with Crippen LogP contribution in [0.3, 0.4) is 0 Å². The molecule has 0 spiro atoms. The summed E-state index contributed by atoms with van der Waals surface area (Å²) < 4.78 is 50.7. The van der Waals surface area contributed by atoms with Gasteiger partial charge in [-0.2, -0.15) is 13.2 Å². The maximum absolute atomic E-state index is 13.9. The molecule has 2 saturated heterocycles. The maximum Gasteiger partial charge on any atom is 0.416 e. The summed E-state index contributed by atoms with van der Waals surface area (Å²) in [7, 11) is 1.70. The largest absolute Gasteiger partial charge is 0.416 e. The Morgan fingerprint density at radius 2 is 1.94 bits per heavy atom. The highest BCUT2D eigenvalue weighted by Gasteiger charge is 2.51. The number of halogens is 3. The average molecular weight is 513 g/mol. The third-order valence-corrected chi connectivity index (χ3v) is 8.74. The molecule has 1 amide bonds. The number of carbonyl (C=O) groups excluding carboxylic acids is 1. The van der Waals surface area contributed by atoms with Gasteiger partial charge in [0.25, 0.3) is 0 Å². The second kappa shape index (κ2) is 10.6. The number of piperidine rings is 1. The van der Waals surface area contributed by atoms with Gasteiger partial charge in [0.1, 0.15) is 0 Å². The average Bonchev–Trinajstić information content (AvgIpc) is 3.29. The van der Waals surface area contributed by atoms with E-state index in [1.807, 2.05) is 4.90 Å². The van der Waals surface area contributed by atoms with Gasteiger partial charge >= 0.3 is 6.18 Å². The summed E-state index contributed by atoms with van der Waals surface area (Å²) in [6.07, 6.45) is -0.729. The fraction of sp³-hybridized carbons (Fsp3) is 0.741. The van der Waals surface area contributed by atoms with Crippen molar-refractivity contribution in [3.8, 4) is 0 Å². The highest BCUT2D eigenvalue weighted by Crippen LogP contribution is 2.47. The number of carbonyl (C=O) groups is 1. The summed E-state index contributed by atoms with van der Waals surface area (Å²) in [5.41, 5.74) is -2.37. The van der Waals surface area contributed by atoms with Crippen LogP contribution in [-0.2, 0) is 26.0 Å². The molecule has 2 aliphatic heterocycles. The minimum Gasteiger partial charge on any atom is -0.385 e. The van der Waals surface area contributed by atoms with Gasteiger partial charge in [0.2, 0.25) is 5.91 Å². The first-order valence-corrected chi connectivity index (χ1v) is 13.0. The van der Waals surface area contributed by atoms with E-state index in [1.165, 1.54) is 6.07 Å². The van der Waals surface area contributed by atoms with Crippen LogP contribution in [0.15, 0.2) is 24.3 Å². The Bertz CT molecular complexity index is 917. The lowest BCUT2D eigenvalue weighted by molar-refractivity contribution is -0.149. The molecule has 4 rings (SSSR count). The second-order valence-corrected chi connectivity index (χ2v) is 11.1. The molecule has 0 bridgehead atoms. The van der Waals surface area contributed by atoms with Crippen molar-refractivity contribution >= 4 is 5.91 Å². The van der Waals surface area contributed by atoms with Crippen molar-refractivity contribution in [3.05, 3.63) is 35.4 Å². The van der Waals surface area contributed by atoms with Crippen LogP contribution in [-0.4, -0.2) is 67.5 Å². The number of hydrogen-bond acceptors (Lipinski definition) is 5. The third kappa shape index (κ3) is 5.44. The SMILES string of the molecule is COC1COCCC1N[C@@H]1CC[C@@](C(=O)N2CCC(O)(c3cccc(C(F)(F)F)c3)CC2)(C(C)C)C1. The van der Waals surface area contributed by atoms with Gasteiger partial charge < -0.3 is 24.8 Å². The minimum atomic E-state index is -4.46. The summed E-state index contributed by atoms with van der Waals surface area (Å²) >= 11 is 0. The van der Waals surface area contributed by atoms with E-state index >= 15 is 0 Å². The summed E-state index contributed by atoms with van der Waals surface area (Å²) in [5, 5.41) is 14.9. The number of aliphatic hydroxyl groups is 1. The molecule has 6 nitrogen and oxygen atoms in total. The first kappa shape index (κ1) is 27.4. The number of hydrogen-bond donors (Lipinski definition) is 2. The zero-order valence-corrected chi connectivity index (χ0v) is 21.4. The Labute approximate surface area is 211 Å². The van der Waals surface area contributed by atoms with Crippen LogP contribution in [0, 0.1) is 11.3 Å². The number of amides is 1. The monoisotopic (exact) mass is 512 g/mol. The molecular weight excluding hydrogens is 473 g/mol. The maximum atomic E-state index is 13.9. The van der Waals surface area contributed by atoms with Gasteiger partial charge in [-0.15, -0.1) is 0 Å². The van der Waals surface area contributed by atoms with Gasteiger partial charge in [-0.05, 0) is 62.1 Å². The Balaban J connectivity index is 1.42. The van der Waals surface area contributed by atoms with Crippen LogP contribution in [0.4, 0.5) is 13.2 Å². The number of nitrogens with one attached hydrogen (secondary N) is 1. The van der Waals surface area contributed by atoms with Gasteiger partial charge in [0, 0.05) is 38.9 Å². The number of benzene rings is 1. The Hall–Kier alpha value is -1.68. The molecule has 2 unspecified atom stereocenters. The number of ether oxygens (including phenoxy) is 2. The smallest absolute Gasteiger partial charge is 0.385 e. The van der Waals surface area contributed by atoms with Crippen molar-refractivity contribution in [2.24, 2.45) is 11.3 Å². The fourth-order valence-electron chi connectivity index (χ4n) is 6.29. The van der Waals surface area contributed by atoms with E-state index in [9.17, 15) is 23.1 Å². The molecule has 2 heterocycles. The molecule has 0 radical (unpaired) electrons. The molecule has 1 aromatic rings. The van der Waals surface area contributed by atoms with Crippen LogP contribution in [0.5, 0.6) is 0 Å². The lowest BCUT2D eigenvalue weighted by atomic mass is 9.73. The standard InChI is InChI=1S/C27H39F3N2O4/c1-18(2)25(9-7-21(16-25)31-22-8-14-36-17-23(22)35-3)24(33)32-12-10-26(34,11-13-32)19-5-4-6-20(15-19)27(28,29)30/h4-6,15,18,21-23,31,34H,7-14,16-17H2,1-3H3/t21-,22?,23?,25+/m1/s1. The molecule has 36 heavy (non-hydrogen) atoms. The molecule has 1 aromatic carbocycles. The molecule has 0 aromatic heterocycles. The highest BCUT2D eigenvalue weighted by atomic mass is 19.4. The molecule has 3 aliphatic rings. The molecular formula is C27H39F3N2O4. The lowest BCUT2D eigenvalue weighted by Gasteiger charge is -2.43. The van der Waals surface area contributed by atoms with E-state index < -0.39 is 22.8 Å². The van der Waals surface area contributed by atoms with Crippen molar-refractivity contribution in [3.63, 3.8) is 0 Å². The minimum absolute atomic E-state index is 0.000813. The predicted octanol–water partition coefficient (Wildman–Crippen LogP) is 4.10. The molecule has 1 saturated carbocycles. The molecule has 2 N–H and O–H groups in total. The summed E-state index contributed by atoms with van der Waals surface area (Å²) in [5.74, 6) is 0.247. The Morgan fingerprint density at radius 1 is 1.22 bits per heavy atom. The zero-order chi connectivity index (χ0) is 26.1. The topological polar surface area (TPSA) is 71.0 Å². The van der Waals surface area contributed by atoms with E-state index in [4.69, 9.17) is 9.47 Å². The molecule has 9 heteroatoms. The highest BCUT2D eigenvalue weighted by molar-refractivity contribution is 5.83. The van der Waals surface area contributed by atoms with Gasteiger partial charge in [0.15, 0.2) is 0 Å². The van der Waals surface area contributed by atoms with Crippen molar-refractivity contribution in [2.45, 2.75) is 82.3 Å². The first-order valence-electron chi connectivity index (χ1n) is 13.0. The molecule has 1 aliphatic carbocycles. The summed E-state index contributed by atoms with van der Waals surface area (Å²) in [4.78, 5) is 15.7. The third-order valence-electron chi connectivity index (χ3n) is 8.74. The van der Waals surface area contributed by atoms with Crippen molar-refractivity contribution in [1.29, 1.82) is 0 Å². The van der Waals surface area contributed by atoms with E-state index in [2.05, 4.69) is 19.2 Å². The first-order chi connectivity index (χ1) is 17.0. The van der Waals surface area contributed by atoms with E-state index in [0.29, 0.717) is 26.3 Å². The fourth-order valence-corrected chi connectivity index (χ4v) is 6.29. The van der Waals surface area contributed by atoms with Crippen molar-refractivity contribution in [2.75, 3.05) is 33.4 Å². The molecule has 4 atom stereocenters. The van der Waals surface area contributed by atoms with Crippen LogP contribution in [0.1, 0.15) is 63.5 Å². The van der Waals surface area contributed by atoms with Crippen LogP contribution in [0.25, 0.3) is 0 Å². The molecule has 3 fully saturated rings. The number of likely N-dealkylation sites (tertiary alicyclic amines) is 1. The van der Waals surface area contributed by atoms with Gasteiger partial charge in [0.05, 0.1) is 29.3 Å². The van der Waals surface area contributed by atoms with Crippen LogP contribution < -0.4 is 5.32 Å². The van der Waals surface area contributed by atoms with Crippen molar-refractivity contribution in [1.82, 2.24) is 10.2 Å². The van der Waals surface area contributed by atoms with Crippen LogP contribution in [0.2, 0.25) is 0 Å². The predicted molar refractivity (Wildman–Crippen MR) is 129 cm³/mol. The van der Waals surface area contributed by atoms with Gasteiger partial charge in [-0.1, -0.05) is 26.0 Å². The number of rotatable bonds is 6. The summed E-state index contributed by atoms with van der Waals surface area (Å²) in [6.45, 7) is 6.09. The second-order valence-electron chi connectivity index (χ2n) is 11.1. The quantitative estimate of drug-likeness (QED) is 0.601.